The highest BCUT2D eigenvalue weighted by Crippen LogP contribution is 2.24. The van der Waals surface area contributed by atoms with E-state index in [4.69, 9.17) is 0 Å². The van der Waals surface area contributed by atoms with E-state index in [9.17, 15) is 4.79 Å². The van der Waals surface area contributed by atoms with Gasteiger partial charge < -0.3 is 5.32 Å². The van der Waals surface area contributed by atoms with Crippen molar-refractivity contribution >= 4 is 23.4 Å². The summed E-state index contributed by atoms with van der Waals surface area (Å²) in [6, 6.07) is 11.7. The molecule has 1 aromatic carbocycles. The average Bonchev–Trinajstić information content (AvgIpc) is 2.49. The summed E-state index contributed by atoms with van der Waals surface area (Å²) in [5.74, 6) is 0.0245. The number of carbonyl (C=O) groups is 1. The molecule has 0 bridgehead atoms. The monoisotopic (exact) mass is 300 g/mol. The summed E-state index contributed by atoms with van der Waals surface area (Å²) >= 11 is 1.50. The number of rotatable bonds is 5. The van der Waals surface area contributed by atoms with Crippen molar-refractivity contribution in [2.45, 2.75) is 37.5 Å². The summed E-state index contributed by atoms with van der Waals surface area (Å²) in [7, 11) is 0. The van der Waals surface area contributed by atoms with Crippen LogP contribution in [0.2, 0.25) is 0 Å². The number of benzene rings is 1. The van der Waals surface area contributed by atoms with Crippen molar-refractivity contribution in [2.24, 2.45) is 0 Å². The van der Waals surface area contributed by atoms with Crippen molar-refractivity contribution < 1.29 is 4.79 Å². The largest absolute Gasteiger partial charge is 0.325 e. The molecule has 1 unspecified atom stereocenters. The van der Waals surface area contributed by atoms with Crippen LogP contribution in [-0.4, -0.2) is 16.1 Å². The SMILES string of the molecule is CCC(Sc1ccccn1)C(=O)Nc1ccc(C)c(C)c1. The Morgan fingerprint density at radius 1 is 1.24 bits per heavy atom. The zero-order valence-corrected chi connectivity index (χ0v) is 13.4. The fraction of sp³-hybridized carbons (Fsp3) is 0.294. The zero-order valence-electron chi connectivity index (χ0n) is 12.6. The summed E-state index contributed by atoms with van der Waals surface area (Å²) < 4.78 is 0. The third-order valence-corrected chi connectivity index (χ3v) is 4.65. The molecule has 0 saturated carbocycles. The van der Waals surface area contributed by atoms with Crippen LogP contribution in [-0.2, 0) is 4.79 Å². The van der Waals surface area contributed by atoms with Gasteiger partial charge in [-0.2, -0.15) is 0 Å². The molecule has 1 atom stereocenters. The predicted molar refractivity (Wildman–Crippen MR) is 88.7 cm³/mol. The Morgan fingerprint density at radius 3 is 2.67 bits per heavy atom. The quantitative estimate of drug-likeness (QED) is 0.841. The minimum atomic E-state index is -0.137. The first-order valence-corrected chi connectivity index (χ1v) is 7.94. The molecule has 4 heteroatoms. The number of hydrogen-bond donors (Lipinski definition) is 1. The van der Waals surface area contributed by atoms with Crippen molar-refractivity contribution in [1.29, 1.82) is 0 Å². The summed E-state index contributed by atoms with van der Waals surface area (Å²) in [5, 5.41) is 3.73. The first kappa shape index (κ1) is 15.6. The van der Waals surface area contributed by atoms with Gasteiger partial charge >= 0.3 is 0 Å². The van der Waals surface area contributed by atoms with Crippen molar-refractivity contribution in [3.05, 3.63) is 53.7 Å². The second-order valence-corrected chi connectivity index (χ2v) is 6.19. The molecule has 21 heavy (non-hydrogen) atoms. The standard InChI is InChI=1S/C17H20N2OS/c1-4-15(21-16-7-5-6-10-18-16)17(20)19-14-9-8-12(2)13(3)11-14/h5-11,15H,4H2,1-3H3,(H,19,20). The molecule has 110 valence electrons. The van der Waals surface area contributed by atoms with Crippen molar-refractivity contribution in [3.63, 3.8) is 0 Å². The van der Waals surface area contributed by atoms with E-state index in [1.165, 1.54) is 22.9 Å². The Labute approximate surface area is 130 Å². The van der Waals surface area contributed by atoms with Crippen molar-refractivity contribution in [3.8, 4) is 0 Å². The van der Waals surface area contributed by atoms with E-state index < -0.39 is 0 Å². The van der Waals surface area contributed by atoms with Gasteiger partial charge in [0.1, 0.15) is 0 Å². The van der Waals surface area contributed by atoms with Gasteiger partial charge in [-0.25, -0.2) is 4.98 Å². The summed E-state index contributed by atoms with van der Waals surface area (Å²) in [4.78, 5) is 16.6. The van der Waals surface area contributed by atoms with Gasteiger partial charge in [0.05, 0.1) is 10.3 Å². The molecular formula is C17H20N2OS. The van der Waals surface area contributed by atoms with Gasteiger partial charge in [0.25, 0.3) is 0 Å². The lowest BCUT2D eigenvalue weighted by Crippen LogP contribution is -2.24. The topological polar surface area (TPSA) is 42.0 Å². The van der Waals surface area contributed by atoms with E-state index in [-0.39, 0.29) is 11.2 Å². The molecule has 0 radical (unpaired) electrons. The first-order valence-electron chi connectivity index (χ1n) is 7.06. The number of thioether (sulfide) groups is 1. The minimum absolute atomic E-state index is 0.0245. The molecule has 1 N–H and O–H groups in total. The second-order valence-electron chi connectivity index (χ2n) is 4.97. The van der Waals surface area contributed by atoms with Crippen LogP contribution in [0.3, 0.4) is 0 Å². The number of nitrogens with zero attached hydrogens (tertiary/aromatic N) is 1. The van der Waals surface area contributed by atoms with E-state index >= 15 is 0 Å². The highest BCUT2D eigenvalue weighted by molar-refractivity contribution is 8.00. The van der Waals surface area contributed by atoms with Crippen LogP contribution in [0.15, 0.2) is 47.6 Å². The highest BCUT2D eigenvalue weighted by Gasteiger charge is 2.18. The number of anilines is 1. The smallest absolute Gasteiger partial charge is 0.237 e. The lowest BCUT2D eigenvalue weighted by Gasteiger charge is -2.15. The molecule has 2 aromatic rings. The van der Waals surface area contributed by atoms with Crippen LogP contribution in [0.1, 0.15) is 24.5 Å². The molecule has 0 aliphatic carbocycles. The summed E-state index contributed by atoms with van der Waals surface area (Å²) in [5.41, 5.74) is 3.25. The summed E-state index contributed by atoms with van der Waals surface area (Å²) in [6.07, 6.45) is 2.51. The molecule has 0 saturated heterocycles. The zero-order chi connectivity index (χ0) is 15.2. The minimum Gasteiger partial charge on any atom is -0.325 e. The number of aryl methyl sites for hydroxylation is 2. The van der Waals surface area contributed by atoms with E-state index in [0.29, 0.717) is 0 Å². The molecular weight excluding hydrogens is 280 g/mol. The average molecular weight is 300 g/mol. The second kappa shape index (κ2) is 7.27. The van der Waals surface area contributed by atoms with E-state index in [2.05, 4.69) is 17.2 Å². The molecule has 1 heterocycles. The Hall–Kier alpha value is -1.81. The summed E-state index contributed by atoms with van der Waals surface area (Å²) in [6.45, 7) is 6.12. The fourth-order valence-electron chi connectivity index (χ4n) is 1.93. The molecule has 0 aliphatic rings. The lowest BCUT2D eigenvalue weighted by molar-refractivity contribution is -0.115. The van der Waals surface area contributed by atoms with Gasteiger partial charge in [-0.1, -0.05) is 30.8 Å². The number of hydrogen-bond acceptors (Lipinski definition) is 3. The van der Waals surface area contributed by atoms with Crippen LogP contribution in [0.25, 0.3) is 0 Å². The molecule has 0 spiro atoms. The normalized spacial score (nSPS) is 12.0. The van der Waals surface area contributed by atoms with Crippen LogP contribution in [0, 0.1) is 13.8 Å². The predicted octanol–water partition coefficient (Wildman–Crippen LogP) is 4.21. The van der Waals surface area contributed by atoms with Crippen LogP contribution < -0.4 is 5.32 Å². The number of nitrogens with one attached hydrogen (secondary N) is 1. The lowest BCUT2D eigenvalue weighted by atomic mass is 10.1. The van der Waals surface area contributed by atoms with Gasteiger partial charge in [-0.05, 0) is 55.7 Å². The molecule has 0 aliphatic heterocycles. The Morgan fingerprint density at radius 2 is 2.05 bits per heavy atom. The van der Waals surface area contributed by atoms with Crippen LogP contribution in [0.5, 0.6) is 0 Å². The Balaban J connectivity index is 2.04. The number of amides is 1. The third kappa shape index (κ3) is 4.33. The number of carbonyl (C=O) groups excluding carboxylic acids is 1. The maximum Gasteiger partial charge on any atom is 0.237 e. The molecule has 1 aromatic heterocycles. The maximum absolute atomic E-state index is 12.4. The van der Waals surface area contributed by atoms with Crippen LogP contribution >= 0.6 is 11.8 Å². The molecule has 3 nitrogen and oxygen atoms in total. The molecule has 2 rings (SSSR count). The van der Waals surface area contributed by atoms with Crippen LogP contribution in [0.4, 0.5) is 5.69 Å². The Kier molecular flexibility index (Phi) is 5.39. The fourth-order valence-corrected chi connectivity index (χ4v) is 2.83. The van der Waals surface area contributed by atoms with E-state index in [1.54, 1.807) is 6.20 Å². The van der Waals surface area contributed by atoms with Gasteiger partial charge in [0.15, 0.2) is 0 Å². The van der Waals surface area contributed by atoms with Gasteiger partial charge in [0, 0.05) is 11.9 Å². The molecule has 0 fully saturated rings. The van der Waals surface area contributed by atoms with Gasteiger partial charge in [0.2, 0.25) is 5.91 Å². The van der Waals surface area contributed by atoms with Gasteiger partial charge in [-0.15, -0.1) is 0 Å². The first-order chi connectivity index (χ1) is 10.1. The highest BCUT2D eigenvalue weighted by atomic mass is 32.2. The molecule has 1 amide bonds. The number of aromatic nitrogens is 1. The van der Waals surface area contributed by atoms with Crippen molar-refractivity contribution in [1.82, 2.24) is 4.98 Å². The van der Waals surface area contributed by atoms with E-state index in [0.717, 1.165) is 17.1 Å². The van der Waals surface area contributed by atoms with Gasteiger partial charge in [-0.3, -0.25) is 4.79 Å². The van der Waals surface area contributed by atoms with E-state index in [1.807, 2.05) is 50.2 Å². The third-order valence-electron chi connectivity index (χ3n) is 3.34. The maximum atomic E-state index is 12.4. The van der Waals surface area contributed by atoms with Crippen molar-refractivity contribution in [2.75, 3.05) is 5.32 Å². The Bertz CT molecular complexity index is 613. The number of pyridine rings is 1.